The summed E-state index contributed by atoms with van der Waals surface area (Å²) in [7, 11) is 0. The summed E-state index contributed by atoms with van der Waals surface area (Å²) in [5.74, 6) is 6.15. The number of nitrogens with zero attached hydrogens (tertiary/aromatic N) is 1. The molecule has 4 rings (SSSR count). The summed E-state index contributed by atoms with van der Waals surface area (Å²) in [5.41, 5.74) is 11.1. The first-order chi connectivity index (χ1) is 13.7. The molecule has 1 aliphatic carbocycles. The number of ether oxygens (including phenoxy) is 1. The van der Waals surface area contributed by atoms with Crippen LogP contribution in [0.5, 0.6) is 0 Å². The molecule has 5 heteroatoms. The monoisotopic (exact) mass is 369 g/mol. The number of carbonyl (C=O) groups excluding carboxylic acids is 1. The Morgan fingerprint density at radius 3 is 2.39 bits per heavy atom. The molecule has 1 heterocycles. The van der Waals surface area contributed by atoms with Crippen molar-refractivity contribution in [3.05, 3.63) is 83.6 Å². The van der Waals surface area contributed by atoms with E-state index in [9.17, 15) is 4.79 Å². The number of pyridine rings is 1. The van der Waals surface area contributed by atoms with Gasteiger partial charge in [-0.3, -0.25) is 0 Å². The van der Waals surface area contributed by atoms with Crippen molar-refractivity contribution in [3.63, 3.8) is 0 Å². The lowest BCUT2D eigenvalue weighted by atomic mass is 9.98. The van der Waals surface area contributed by atoms with Gasteiger partial charge in [0.05, 0.1) is 12.1 Å². The molecule has 0 fully saturated rings. The molecule has 0 radical (unpaired) electrons. The molecule has 0 saturated heterocycles. The molecule has 1 aromatic heterocycles. The van der Waals surface area contributed by atoms with Crippen molar-refractivity contribution >= 4 is 11.9 Å². The molecule has 0 bridgehead atoms. The molecule has 5 nitrogen and oxygen atoms in total. The lowest BCUT2D eigenvalue weighted by Crippen LogP contribution is -2.26. The number of nitrogens with two attached hydrogens (primary N) is 1. The normalized spacial score (nSPS) is 11.7. The Hall–Kier alpha value is -3.78. The Morgan fingerprint density at radius 1 is 1.04 bits per heavy atom. The topological polar surface area (TPSA) is 77.2 Å². The van der Waals surface area contributed by atoms with Crippen molar-refractivity contribution in [2.75, 3.05) is 18.9 Å². The third kappa shape index (κ3) is 3.53. The molecule has 3 N–H and O–H groups in total. The van der Waals surface area contributed by atoms with Crippen molar-refractivity contribution in [1.29, 1.82) is 0 Å². The van der Waals surface area contributed by atoms with E-state index >= 15 is 0 Å². The zero-order valence-electron chi connectivity index (χ0n) is 15.2. The average molecular weight is 369 g/mol. The molecule has 28 heavy (non-hydrogen) atoms. The molecule has 1 amide bonds. The van der Waals surface area contributed by atoms with Crippen molar-refractivity contribution in [2.45, 2.75) is 5.92 Å². The standard InChI is InChI=1S/C23H19N3O2/c24-22-16(7-5-13-25-22)8-6-14-26-23(27)28-15-21-19-11-3-1-9-17(19)18-10-2-4-12-20(18)21/h1-5,7,9-13,21H,14-15H2,(H2,24,25)(H,26,27). The van der Waals surface area contributed by atoms with E-state index in [1.165, 1.54) is 22.3 Å². The summed E-state index contributed by atoms with van der Waals surface area (Å²) in [4.78, 5) is 16.0. The highest BCUT2D eigenvalue weighted by atomic mass is 16.5. The van der Waals surface area contributed by atoms with Crippen LogP contribution in [0.3, 0.4) is 0 Å². The van der Waals surface area contributed by atoms with Crippen molar-refractivity contribution in [2.24, 2.45) is 0 Å². The van der Waals surface area contributed by atoms with Crippen LogP contribution in [0.2, 0.25) is 0 Å². The maximum Gasteiger partial charge on any atom is 0.407 e. The number of hydrogen-bond donors (Lipinski definition) is 2. The highest BCUT2D eigenvalue weighted by Crippen LogP contribution is 2.44. The van der Waals surface area contributed by atoms with E-state index in [-0.39, 0.29) is 19.1 Å². The molecule has 2 aromatic carbocycles. The minimum atomic E-state index is -0.490. The van der Waals surface area contributed by atoms with Crippen LogP contribution in [0, 0.1) is 11.8 Å². The molecule has 3 aromatic rings. The summed E-state index contributed by atoms with van der Waals surface area (Å²) in [6, 6.07) is 20.0. The molecule has 0 spiro atoms. The van der Waals surface area contributed by atoms with E-state index in [1.54, 1.807) is 18.3 Å². The molecular formula is C23H19N3O2. The quantitative estimate of drug-likeness (QED) is 0.692. The first-order valence-corrected chi connectivity index (χ1v) is 9.02. The number of alkyl carbamates (subject to hydrolysis) is 1. The minimum absolute atomic E-state index is 0.0411. The van der Waals surface area contributed by atoms with Gasteiger partial charge in [-0.25, -0.2) is 9.78 Å². The number of amides is 1. The van der Waals surface area contributed by atoms with E-state index in [4.69, 9.17) is 10.5 Å². The summed E-state index contributed by atoms with van der Waals surface area (Å²) in [6.45, 7) is 0.452. The maximum absolute atomic E-state index is 12.1. The fourth-order valence-corrected chi connectivity index (χ4v) is 3.43. The Bertz CT molecular complexity index is 1040. The van der Waals surface area contributed by atoms with Crippen molar-refractivity contribution < 1.29 is 9.53 Å². The van der Waals surface area contributed by atoms with Gasteiger partial charge in [0.25, 0.3) is 0 Å². The average Bonchev–Trinajstić information content (AvgIpc) is 3.05. The molecular weight excluding hydrogens is 350 g/mol. The molecule has 0 saturated carbocycles. The first-order valence-electron chi connectivity index (χ1n) is 9.02. The zero-order valence-corrected chi connectivity index (χ0v) is 15.2. The number of fused-ring (bicyclic) bond motifs is 3. The van der Waals surface area contributed by atoms with Crippen molar-refractivity contribution in [1.82, 2.24) is 10.3 Å². The highest BCUT2D eigenvalue weighted by molar-refractivity contribution is 5.79. The predicted molar refractivity (Wildman–Crippen MR) is 109 cm³/mol. The van der Waals surface area contributed by atoms with Gasteiger partial charge in [0.15, 0.2) is 0 Å². The second-order valence-electron chi connectivity index (χ2n) is 6.42. The number of nitrogen functional groups attached to an aromatic ring is 1. The number of rotatable bonds is 3. The number of aromatic nitrogens is 1. The molecule has 138 valence electrons. The number of anilines is 1. The van der Waals surface area contributed by atoms with Gasteiger partial charge in [0.2, 0.25) is 0 Å². The minimum Gasteiger partial charge on any atom is -0.449 e. The van der Waals surface area contributed by atoms with Crippen LogP contribution >= 0.6 is 0 Å². The van der Waals surface area contributed by atoms with Gasteiger partial charge in [0.1, 0.15) is 12.4 Å². The fourth-order valence-electron chi connectivity index (χ4n) is 3.43. The van der Waals surface area contributed by atoms with Gasteiger partial charge in [0, 0.05) is 12.1 Å². The zero-order chi connectivity index (χ0) is 19.3. The smallest absolute Gasteiger partial charge is 0.407 e. The lowest BCUT2D eigenvalue weighted by Gasteiger charge is -2.14. The van der Waals surface area contributed by atoms with E-state index in [1.807, 2.05) is 24.3 Å². The van der Waals surface area contributed by atoms with E-state index in [2.05, 4.69) is 46.4 Å². The number of benzene rings is 2. The summed E-state index contributed by atoms with van der Waals surface area (Å²) >= 11 is 0. The van der Waals surface area contributed by atoms with E-state index in [0.717, 1.165) is 0 Å². The van der Waals surface area contributed by atoms with Gasteiger partial charge in [-0.05, 0) is 34.4 Å². The Labute approximate surface area is 163 Å². The molecule has 1 aliphatic rings. The predicted octanol–water partition coefficient (Wildman–Crippen LogP) is 3.55. The Balaban J connectivity index is 1.36. The van der Waals surface area contributed by atoms with Crippen LogP contribution < -0.4 is 11.1 Å². The van der Waals surface area contributed by atoms with Gasteiger partial charge >= 0.3 is 6.09 Å². The fraction of sp³-hybridized carbons (Fsp3) is 0.130. The van der Waals surface area contributed by atoms with Crippen LogP contribution in [0.1, 0.15) is 22.6 Å². The van der Waals surface area contributed by atoms with Gasteiger partial charge in [-0.1, -0.05) is 60.4 Å². The van der Waals surface area contributed by atoms with Crippen LogP contribution in [0.15, 0.2) is 66.9 Å². The van der Waals surface area contributed by atoms with Crippen LogP contribution in [-0.4, -0.2) is 24.2 Å². The third-order valence-corrected chi connectivity index (χ3v) is 4.73. The van der Waals surface area contributed by atoms with Crippen molar-refractivity contribution in [3.8, 4) is 23.0 Å². The molecule has 0 unspecified atom stereocenters. The number of nitrogens with one attached hydrogen (secondary N) is 1. The van der Waals surface area contributed by atoms with E-state index < -0.39 is 6.09 Å². The summed E-state index contributed by atoms with van der Waals surface area (Å²) < 4.78 is 5.46. The molecule has 0 atom stereocenters. The van der Waals surface area contributed by atoms with Crippen LogP contribution in [0.25, 0.3) is 11.1 Å². The third-order valence-electron chi connectivity index (χ3n) is 4.73. The Morgan fingerprint density at radius 2 is 1.71 bits per heavy atom. The number of hydrogen-bond acceptors (Lipinski definition) is 4. The van der Waals surface area contributed by atoms with Crippen LogP contribution in [-0.2, 0) is 4.74 Å². The lowest BCUT2D eigenvalue weighted by molar-refractivity contribution is 0.144. The highest BCUT2D eigenvalue weighted by Gasteiger charge is 2.28. The second kappa shape index (κ2) is 7.85. The SMILES string of the molecule is Nc1ncccc1C#CCNC(=O)OCC1c2ccccc2-c2ccccc21. The van der Waals surface area contributed by atoms with Gasteiger partial charge in [-0.2, -0.15) is 0 Å². The van der Waals surface area contributed by atoms with Gasteiger partial charge in [-0.15, -0.1) is 0 Å². The number of carbonyl (C=O) groups is 1. The molecule has 0 aliphatic heterocycles. The summed E-state index contributed by atoms with van der Waals surface area (Å²) in [6.07, 6.45) is 1.12. The van der Waals surface area contributed by atoms with E-state index in [0.29, 0.717) is 11.4 Å². The first kappa shape index (κ1) is 17.6. The van der Waals surface area contributed by atoms with Gasteiger partial charge < -0.3 is 15.8 Å². The largest absolute Gasteiger partial charge is 0.449 e. The van der Waals surface area contributed by atoms with Crippen LogP contribution in [0.4, 0.5) is 10.6 Å². The second-order valence-corrected chi connectivity index (χ2v) is 6.42. The maximum atomic E-state index is 12.1. The Kier molecular flexibility index (Phi) is 4.94. The summed E-state index contributed by atoms with van der Waals surface area (Å²) in [5, 5.41) is 2.65.